The molecular weight excluding hydrogens is 274 g/mol. The molecule has 0 aromatic rings. The predicted octanol–water partition coefficient (Wildman–Crippen LogP) is 3.32. The summed E-state index contributed by atoms with van der Waals surface area (Å²) in [5, 5.41) is 0. The molecule has 0 spiro atoms. The van der Waals surface area contributed by atoms with Gasteiger partial charge in [0.1, 0.15) is 0 Å². The molecule has 0 N–H and O–H groups in total. The Bertz CT molecular complexity index is 258. The third-order valence-electron chi connectivity index (χ3n) is 3.50. The second-order valence-corrected chi connectivity index (χ2v) is 7.94. The topological polar surface area (TPSA) is 57.1 Å². The first-order chi connectivity index (χ1) is 9.74. The van der Waals surface area contributed by atoms with Crippen molar-refractivity contribution in [2.75, 3.05) is 27.9 Å². The van der Waals surface area contributed by atoms with Gasteiger partial charge >= 0.3 is 8.80 Å². The summed E-state index contributed by atoms with van der Waals surface area (Å²) in [7, 11) is 2.63. The molecule has 0 saturated heterocycles. The number of unbranched alkanes of at least 4 members (excludes halogenated alkanes) is 7. The molecule has 118 valence electrons. The number of nitrogens with zero attached hydrogens (tertiary/aromatic N) is 1. The molecule has 6 heteroatoms. The smallest absolute Gasteiger partial charge is 0.377 e. The molecule has 0 atom stereocenters. The van der Waals surface area contributed by atoms with Crippen molar-refractivity contribution in [3.63, 3.8) is 0 Å². The van der Waals surface area contributed by atoms with Gasteiger partial charge < -0.3 is 13.3 Å². The Balaban J connectivity index is 3.38. The van der Waals surface area contributed by atoms with Crippen LogP contribution in [0.4, 0.5) is 0 Å². The van der Waals surface area contributed by atoms with Crippen LogP contribution < -0.4 is 0 Å². The third-order valence-corrected chi connectivity index (χ3v) is 6.33. The van der Waals surface area contributed by atoms with Gasteiger partial charge in [0.2, 0.25) is 6.08 Å². The summed E-state index contributed by atoms with van der Waals surface area (Å²) in [5.41, 5.74) is 0. The van der Waals surface area contributed by atoms with E-state index >= 15 is 0 Å². The molecule has 0 aromatic heterocycles. The highest BCUT2D eigenvalue weighted by Gasteiger charge is 2.36. The molecule has 0 saturated carbocycles. The Labute approximate surface area is 124 Å². The Morgan fingerprint density at radius 2 is 1.25 bits per heavy atom. The van der Waals surface area contributed by atoms with Crippen molar-refractivity contribution in [3.05, 3.63) is 0 Å². The minimum atomic E-state index is -2.35. The number of rotatable bonds is 14. The maximum Gasteiger partial charge on any atom is 0.500 e. The summed E-state index contributed by atoms with van der Waals surface area (Å²) in [5.74, 6) is 0. The van der Waals surface area contributed by atoms with Gasteiger partial charge in [-0.2, -0.15) is 0 Å². The van der Waals surface area contributed by atoms with Gasteiger partial charge in [-0.25, -0.2) is 9.79 Å². The molecule has 0 aliphatic heterocycles. The summed E-state index contributed by atoms with van der Waals surface area (Å²) >= 11 is 0. The van der Waals surface area contributed by atoms with E-state index < -0.39 is 8.80 Å². The molecule has 0 aliphatic carbocycles. The molecule has 0 bridgehead atoms. The highest BCUT2D eigenvalue weighted by molar-refractivity contribution is 6.60. The molecule has 0 unspecified atom stereocenters. The number of hydrogen-bond acceptors (Lipinski definition) is 5. The quantitative estimate of drug-likeness (QED) is 0.214. The van der Waals surface area contributed by atoms with Crippen LogP contribution in [0.15, 0.2) is 4.99 Å². The lowest BCUT2D eigenvalue weighted by Crippen LogP contribution is -2.42. The van der Waals surface area contributed by atoms with Crippen molar-refractivity contribution >= 4 is 14.9 Å². The van der Waals surface area contributed by atoms with E-state index in [4.69, 9.17) is 13.3 Å². The molecular formula is C14H29NO4Si. The second-order valence-electron chi connectivity index (χ2n) is 4.85. The average Bonchev–Trinajstić information content (AvgIpc) is 2.49. The lowest BCUT2D eigenvalue weighted by atomic mass is 10.1. The van der Waals surface area contributed by atoms with Gasteiger partial charge in [-0.05, 0) is 12.8 Å². The number of isocyanates is 1. The Kier molecular flexibility index (Phi) is 13.1. The minimum absolute atomic E-state index is 0.626. The van der Waals surface area contributed by atoms with E-state index in [1.165, 1.54) is 32.1 Å². The van der Waals surface area contributed by atoms with E-state index in [0.29, 0.717) is 6.54 Å². The van der Waals surface area contributed by atoms with Crippen molar-refractivity contribution in [1.29, 1.82) is 0 Å². The monoisotopic (exact) mass is 303 g/mol. The van der Waals surface area contributed by atoms with Gasteiger partial charge in [0.15, 0.2) is 0 Å². The maximum atomic E-state index is 9.86. The molecule has 0 heterocycles. The Morgan fingerprint density at radius 1 is 0.800 bits per heavy atom. The van der Waals surface area contributed by atoms with E-state index in [0.717, 1.165) is 25.3 Å². The summed E-state index contributed by atoms with van der Waals surface area (Å²) in [4.78, 5) is 13.4. The van der Waals surface area contributed by atoms with Gasteiger partial charge in [0, 0.05) is 27.4 Å². The summed E-state index contributed by atoms with van der Waals surface area (Å²) < 4.78 is 16.2. The van der Waals surface area contributed by atoms with Gasteiger partial charge in [0.05, 0.1) is 6.54 Å². The van der Waals surface area contributed by atoms with Gasteiger partial charge in [-0.1, -0.05) is 38.5 Å². The lowest BCUT2D eigenvalue weighted by Gasteiger charge is -2.24. The zero-order valence-corrected chi connectivity index (χ0v) is 14.2. The van der Waals surface area contributed by atoms with Crippen molar-refractivity contribution in [2.45, 2.75) is 57.4 Å². The van der Waals surface area contributed by atoms with Crippen LogP contribution in [0.5, 0.6) is 0 Å². The molecule has 5 nitrogen and oxygen atoms in total. The summed E-state index contributed by atoms with van der Waals surface area (Å²) in [6.45, 7) is 0.626. The molecule has 0 rings (SSSR count). The van der Waals surface area contributed by atoms with Crippen LogP contribution >= 0.6 is 0 Å². The van der Waals surface area contributed by atoms with E-state index in [1.54, 1.807) is 27.4 Å². The highest BCUT2D eigenvalue weighted by atomic mass is 28.4. The molecule has 0 amide bonds. The van der Waals surface area contributed by atoms with Crippen LogP contribution in [-0.4, -0.2) is 42.8 Å². The van der Waals surface area contributed by atoms with E-state index in [2.05, 4.69) is 4.99 Å². The first-order valence-corrected chi connectivity index (χ1v) is 9.37. The average molecular weight is 303 g/mol. The van der Waals surface area contributed by atoms with Crippen molar-refractivity contribution in [3.8, 4) is 0 Å². The Morgan fingerprint density at radius 3 is 1.70 bits per heavy atom. The number of carbonyl (C=O) groups excluding carboxylic acids is 1. The largest absolute Gasteiger partial charge is 0.500 e. The predicted molar refractivity (Wildman–Crippen MR) is 81.5 cm³/mol. The van der Waals surface area contributed by atoms with Gasteiger partial charge in [-0.3, -0.25) is 0 Å². The van der Waals surface area contributed by atoms with E-state index in [9.17, 15) is 4.79 Å². The van der Waals surface area contributed by atoms with Crippen molar-refractivity contribution < 1.29 is 18.1 Å². The van der Waals surface area contributed by atoms with Crippen LogP contribution in [0.25, 0.3) is 0 Å². The normalized spacial score (nSPS) is 11.3. The molecule has 0 aromatic carbocycles. The summed E-state index contributed by atoms with van der Waals surface area (Å²) in [6, 6.07) is 0.889. The molecule has 0 radical (unpaired) electrons. The molecule has 0 fully saturated rings. The zero-order valence-electron chi connectivity index (χ0n) is 13.2. The lowest BCUT2D eigenvalue weighted by molar-refractivity contribution is 0.122. The maximum absolute atomic E-state index is 9.86. The number of aliphatic imine (C=N–C) groups is 1. The van der Waals surface area contributed by atoms with Crippen LogP contribution in [0, 0.1) is 0 Å². The van der Waals surface area contributed by atoms with Crippen LogP contribution in [0.1, 0.15) is 51.4 Å². The van der Waals surface area contributed by atoms with Crippen LogP contribution in [-0.2, 0) is 18.1 Å². The van der Waals surface area contributed by atoms with E-state index in [-0.39, 0.29) is 0 Å². The van der Waals surface area contributed by atoms with Gasteiger partial charge in [-0.15, -0.1) is 0 Å². The van der Waals surface area contributed by atoms with Crippen LogP contribution in [0.3, 0.4) is 0 Å². The number of hydrogen-bond donors (Lipinski definition) is 0. The second kappa shape index (κ2) is 13.5. The third kappa shape index (κ3) is 9.39. The van der Waals surface area contributed by atoms with E-state index in [1.807, 2.05) is 0 Å². The van der Waals surface area contributed by atoms with Gasteiger partial charge in [0.25, 0.3) is 0 Å². The van der Waals surface area contributed by atoms with Crippen molar-refractivity contribution in [1.82, 2.24) is 0 Å². The fourth-order valence-electron chi connectivity index (χ4n) is 2.19. The fraction of sp³-hybridized carbons (Fsp3) is 0.929. The van der Waals surface area contributed by atoms with Crippen LogP contribution in [0.2, 0.25) is 6.04 Å². The molecule has 20 heavy (non-hydrogen) atoms. The molecule has 0 aliphatic rings. The minimum Gasteiger partial charge on any atom is -0.377 e. The van der Waals surface area contributed by atoms with Crippen molar-refractivity contribution in [2.24, 2.45) is 4.99 Å². The summed E-state index contributed by atoms with van der Waals surface area (Å²) in [6.07, 6.45) is 11.0. The Hall–Kier alpha value is -0.523. The standard InChI is InChI=1S/C14H29NO4Si/c1-17-20(18-2,19-3)13-11-9-7-5-4-6-8-10-12-15-14-16/h4-13H2,1-3H3. The SMILES string of the molecule is CO[Si](CCCCCCCCCCN=C=O)(OC)OC. The first kappa shape index (κ1) is 19.5. The fourth-order valence-corrected chi connectivity index (χ4v) is 3.99. The highest BCUT2D eigenvalue weighted by Crippen LogP contribution is 2.18. The zero-order chi connectivity index (χ0) is 15.1. The first-order valence-electron chi connectivity index (χ1n) is 7.43.